The molecule has 23 heavy (non-hydrogen) atoms. The number of fused-ring (bicyclic) bond motifs is 1. The van der Waals surface area contributed by atoms with Crippen molar-refractivity contribution >= 4 is 11.9 Å². The highest BCUT2D eigenvalue weighted by Crippen LogP contribution is 2.40. The third-order valence-electron chi connectivity index (χ3n) is 4.71. The molecular weight excluding hydrogens is 290 g/mol. The molecule has 1 aliphatic heterocycles. The molecule has 2 atom stereocenters. The normalized spacial score (nSPS) is 24.0. The lowest BCUT2D eigenvalue weighted by Crippen LogP contribution is -2.46. The van der Waals surface area contributed by atoms with Crippen LogP contribution in [0.5, 0.6) is 0 Å². The van der Waals surface area contributed by atoms with E-state index in [2.05, 4.69) is 24.3 Å². The SMILES string of the molecule is CC(C)(C)OC(=O)N1CCC(=O)C(CC2Cc3ccccc32)C1. The van der Waals surface area contributed by atoms with Crippen molar-refractivity contribution in [1.82, 2.24) is 4.90 Å². The Morgan fingerprint density at radius 3 is 2.70 bits per heavy atom. The molecule has 4 nitrogen and oxygen atoms in total. The third-order valence-corrected chi connectivity index (χ3v) is 4.71. The van der Waals surface area contributed by atoms with Crippen molar-refractivity contribution in [2.24, 2.45) is 5.92 Å². The van der Waals surface area contributed by atoms with Crippen LogP contribution in [0.15, 0.2) is 24.3 Å². The Morgan fingerprint density at radius 2 is 2.00 bits per heavy atom. The van der Waals surface area contributed by atoms with Crippen LogP contribution in [0.2, 0.25) is 0 Å². The smallest absolute Gasteiger partial charge is 0.410 e. The summed E-state index contributed by atoms with van der Waals surface area (Å²) < 4.78 is 5.44. The van der Waals surface area contributed by atoms with Crippen LogP contribution >= 0.6 is 0 Å². The topological polar surface area (TPSA) is 46.6 Å². The quantitative estimate of drug-likeness (QED) is 0.838. The standard InChI is InChI=1S/C19H25NO3/c1-19(2,3)23-18(22)20-9-8-17(21)15(12-20)11-14-10-13-6-4-5-7-16(13)14/h4-7,14-15H,8-12H2,1-3H3. The second-order valence-corrected chi connectivity index (χ2v) is 7.68. The van der Waals surface area contributed by atoms with E-state index in [9.17, 15) is 9.59 Å². The number of benzene rings is 1. The fourth-order valence-corrected chi connectivity index (χ4v) is 3.52. The van der Waals surface area contributed by atoms with E-state index in [1.54, 1.807) is 4.90 Å². The molecule has 124 valence electrons. The molecule has 1 aliphatic carbocycles. The number of ketones is 1. The number of likely N-dealkylation sites (tertiary alicyclic amines) is 1. The predicted octanol–water partition coefficient (Wildman–Crippen LogP) is 3.54. The van der Waals surface area contributed by atoms with Gasteiger partial charge in [0.1, 0.15) is 11.4 Å². The Labute approximate surface area is 137 Å². The molecule has 0 spiro atoms. The molecule has 0 radical (unpaired) electrons. The summed E-state index contributed by atoms with van der Waals surface area (Å²) in [6, 6.07) is 8.43. The summed E-state index contributed by atoms with van der Waals surface area (Å²) in [6.45, 7) is 6.56. The van der Waals surface area contributed by atoms with Crippen LogP contribution in [0.1, 0.15) is 50.7 Å². The van der Waals surface area contributed by atoms with Crippen LogP contribution in [0.4, 0.5) is 4.79 Å². The zero-order valence-corrected chi connectivity index (χ0v) is 14.2. The molecule has 0 bridgehead atoms. The van der Waals surface area contributed by atoms with E-state index >= 15 is 0 Å². The number of carbonyl (C=O) groups excluding carboxylic acids is 2. The van der Waals surface area contributed by atoms with Crippen LogP contribution < -0.4 is 0 Å². The Hall–Kier alpha value is -1.84. The highest BCUT2D eigenvalue weighted by Gasteiger charge is 2.36. The first-order valence-electron chi connectivity index (χ1n) is 8.42. The van der Waals surface area contributed by atoms with Crippen molar-refractivity contribution in [3.63, 3.8) is 0 Å². The van der Waals surface area contributed by atoms with Gasteiger partial charge in [0.05, 0.1) is 0 Å². The summed E-state index contributed by atoms with van der Waals surface area (Å²) in [4.78, 5) is 26.2. The zero-order chi connectivity index (χ0) is 16.6. The van der Waals surface area contributed by atoms with Gasteiger partial charge in [-0.15, -0.1) is 0 Å². The molecule has 0 N–H and O–H groups in total. The summed E-state index contributed by atoms with van der Waals surface area (Å²) in [7, 11) is 0. The highest BCUT2D eigenvalue weighted by molar-refractivity contribution is 5.84. The van der Waals surface area contributed by atoms with Crippen molar-refractivity contribution in [3.8, 4) is 0 Å². The van der Waals surface area contributed by atoms with Gasteiger partial charge in [0.2, 0.25) is 0 Å². The number of Topliss-reactive ketones (excluding diaryl/α,β-unsaturated/α-hetero) is 1. The number of amides is 1. The van der Waals surface area contributed by atoms with E-state index in [4.69, 9.17) is 4.74 Å². The first-order valence-corrected chi connectivity index (χ1v) is 8.42. The van der Waals surface area contributed by atoms with Crippen molar-refractivity contribution in [1.29, 1.82) is 0 Å². The van der Waals surface area contributed by atoms with Gasteiger partial charge in [-0.1, -0.05) is 24.3 Å². The summed E-state index contributed by atoms with van der Waals surface area (Å²) in [6.07, 6.45) is 2.03. The first kappa shape index (κ1) is 16.0. The molecule has 1 heterocycles. The lowest BCUT2D eigenvalue weighted by Gasteiger charge is -2.37. The van der Waals surface area contributed by atoms with Gasteiger partial charge in [-0.25, -0.2) is 4.79 Å². The summed E-state index contributed by atoms with van der Waals surface area (Å²) in [5.41, 5.74) is 2.26. The average molecular weight is 315 g/mol. The maximum Gasteiger partial charge on any atom is 0.410 e. The van der Waals surface area contributed by atoms with E-state index in [0.717, 1.165) is 12.8 Å². The monoisotopic (exact) mass is 315 g/mol. The average Bonchev–Trinajstić information content (AvgIpc) is 2.44. The molecule has 1 fully saturated rings. The largest absolute Gasteiger partial charge is 0.444 e. The lowest BCUT2D eigenvalue weighted by molar-refractivity contribution is -0.126. The number of ether oxygens (including phenoxy) is 1. The van der Waals surface area contributed by atoms with E-state index < -0.39 is 5.60 Å². The van der Waals surface area contributed by atoms with Gasteiger partial charge in [0.25, 0.3) is 0 Å². The zero-order valence-electron chi connectivity index (χ0n) is 14.2. The molecule has 0 saturated carbocycles. The Kier molecular flexibility index (Phi) is 4.17. The molecule has 2 unspecified atom stereocenters. The number of rotatable bonds is 2. The van der Waals surface area contributed by atoms with Crippen LogP contribution in [0, 0.1) is 5.92 Å². The molecule has 1 amide bonds. The second kappa shape index (κ2) is 5.99. The fraction of sp³-hybridized carbons (Fsp3) is 0.579. The molecule has 0 aromatic heterocycles. The number of hydrogen-bond acceptors (Lipinski definition) is 3. The number of carbonyl (C=O) groups is 2. The minimum Gasteiger partial charge on any atom is -0.444 e. The summed E-state index contributed by atoms with van der Waals surface area (Å²) in [5, 5.41) is 0. The van der Waals surface area contributed by atoms with Crippen LogP contribution in [-0.4, -0.2) is 35.5 Å². The van der Waals surface area contributed by atoms with Crippen LogP contribution in [0.25, 0.3) is 0 Å². The fourth-order valence-electron chi connectivity index (χ4n) is 3.52. The van der Waals surface area contributed by atoms with Gasteiger partial charge in [0.15, 0.2) is 0 Å². The van der Waals surface area contributed by atoms with Gasteiger partial charge in [-0.2, -0.15) is 0 Å². The first-order chi connectivity index (χ1) is 10.8. The van der Waals surface area contributed by atoms with Gasteiger partial charge in [-0.3, -0.25) is 4.79 Å². The molecule has 3 rings (SSSR count). The molecule has 1 aromatic carbocycles. The predicted molar refractivity (Wildman–Crippen MR) is 88.4 cm³/mol. The van der Waals surface area contributed by atoms with E-state index in [1.807, 2.05) is 20.8 Å². The van der Waals surface area contributed by atoms with Crippen molar-refractivity contribution in [3.05, 3.63) is 35.4 Å². The van der Waals surface area contributed by atoms with E-state index in [1.165, 1.54) is 11.1 Å². The maximum atomic E-state index is 12.3. The van der Waals surface area contributed by atoms with Gasteiger partial charge >= 0.3 is 6.09 Å². The minimum atomic E-state index is -0.499. The van der Waals surface area contributed by atoms with Gasteiger partial charge in [-0.05, 0) is 50.7 Å². The molecule has 2 aliphatic rings. The highest BCUT2D eigenvalue weighted by atomic mass is 16.6. The maximum absolute atomic E-state index is 12.3. The molecule has 4 heteroatoms. The van der Waals surface area contributed by atoms with E-state index in [0.29, 0.717) is 25.4 Å². The third kappa shape index (κ3) is 3.57. The van der Waals surface area contributed by atoms with Crippen molar-refractivity contribution in [2.75, 3.05) is 13.1 Å². The summed E-state index contributed by atoms with van der Waals surface area (Å²) >= 11 is 0. The van der Waals surface area contributed by atoms with E-state index in [-0.39, 0.29) is 17.8 Å². The molecular formula is C19H25NO3. The molecule has 1 saturated heterocycles. The number of piperidine rings is 1. The Morgan fingerprint density at radius 1 is 1.26 bits per heavy atom. The summed E-state index contributed by atoms with van der Waals surface area (Å²) in [5.74, 6) is 0.683. The van der Waals surface area contributed by atoms with Crippen LogP contribution in [-0.2, 0) is 16.0 Å². The lowest BCUT2D eigenvalue weighted by atomic mass is 9.72. The number of hydrogen-bond donors (Lipinski definition) is 0. The Balaban J connectivity index is 1.61. The van der Waals surface area contributed by atoms with Crippen LogP contribution in [0.3, 0.4) is 0 Å². The van der Waals surface area contributed by atoms with Gasteiger partial charge < -0.3 is 9.64 Å². The van der Waals surface area contributed by atoms with Gasteiger partial charge in [0, 0.05) is 25.4 Å². The molecule has 1 aromatic rings. The van der Waals surface area contributed by atoms with Crippen molar-refractivity contribution in [2.45, 2.75) is 51.6 Å². The Bertz CT molecular complexity index is 617. The van der Waals surface area contributed by atoms with Crippen molar-refractivity contribution < 1.29 is 14.3 Å². The number of nitrogens with zero attached hydrogens (tertiary/aromatic N) is 1. The second-order valence-electron chi connectivity index (χ2n) is 7.68. The minimum absolute atomic E-state index is 0.0605.